The Morgan fingerprint density at radius 3 is 2.77 bits per heavy atom. The summed E-state index contributed by atoms with van der Waals surface area (Å²) in [5.41, 5.74) is 1.00. The fourth-order valence-electron chi connectivity index (χ4n) is 2.51. The van der Waals surface area contributed by atoms with Gasteiger partial charge in [-0.25, -0.2) is 15.0 Å². The van der Waals surface area contributed by atoms with Crippen LogP contribution in [0, 0.1) is 10.1 Å². The molecule has 1 atom stereocenters. The number of rotatable bonds is 4. The van der Waals surface area contributed by atoms with Crippen molar-refractivity contribution in [1.82, 2.24) is 5.06 Å². The number of nitro benzene ring substituents is 1. The van der Waals surface area contributed by atoms with Gasteiger partial charge in [-0.05, 0) is 24.3 Å². The van der Waals surface area contributed by atoms with Gasteiger partial charge in [0, 0.05) is 11.6 Å². The van der Waals surface area contributed by atoms with E-state index in [1.807, 2.05) is 6.07 Å². The molecule has 0 aliphatic carbocycles. The molecule has 8 nitrogen and oxygen atoms in total. The molecule has 0 bridgehead atoms. The first kappa shape index (κ1) is 16.3. The predicted molar refractivity (Wildman–Crippen MR) is 97.7 cm³/mol. The van der Waals surface area contributed by atoms with E-state index in [-0.39, 0.29) is 11.4 Å². The van der Waals surface area contributed by atoms with E-state index in [4.69, 9.17) is 4.74 Å². The number of para-hydroxylation sites is 1. The molecule has 0 radical (unpaired) electrons. The highest BCUT2D eigenvalue weighted by Crippen LogP contribution is 2.38. The van der Waals surface area contributed by atoms with Crippen molar-refractivity contribution in [3.05, 3.63) is 76.1 Å². The highest BCUT2D eigenvalue weighted by Gasteiger charge is 2.32. The molecule has 4 rings (SSSR count). The number of benzene rings is 2. The van der Waals surface area contributed by atoms with Crippen molar-refractivity contribution in [1.29, 1.82) is 0 Å². The summed E-state index contributed by atoms with van der Waals surface area (Å²) in [4.78, 5) is 19.3. The molecule has 0 amide bonds. The van der Waals surface area contributed by atoms with Crippen molar-refractivity contribution in [3.8, 4) is 11.5 Å². The molecule has 2 aromatic carbocycles. The van der Waals surface area contributed by atoms with Crippen LogP contribution in [0.5, 0.6) is 11.5 Å². The lowest BCUT2D eigenvalue weighted by atomic mass is 10.2. The van der Waals surface area contributed by atoms with E-state index in [9.17, 15) is 15.3 Å². The number of nitro groups is 1. The second-order valence-corrected chi connectivity index (χ2v) is 6.51. The van der Waals surface area contributed by atoms with E-state index >= 15 is 0 Å². The Morgan fingerprint density at radius 2 is 2.04 bits per heavy atom. The van der Waals surface area contributed by atoms with Gasteiger partial charge in [0.05, 0.1) is 16.8 Å². The quantitative estimate of drug-likeness (QED) is 0.651. The smallest absolute Gasteiger partial charge is 0.312 e. The first-order valence-corrected chi connectivity index (χ1v) is 8.47. The van der Waals surface area contributed by atoms with E-state index in [2.05, 4.69) is 9.98 Å². The van der Waals surface area contributed by atoms with Crippen molar-refractivity contribution < 1.29 is 14.9 Å². The van der Waals surface area contributed by atoms with Gasteiger partial charge in [-0.15, -0.1) is 0 Å². The number of hydrogen-bond donors (Lipinski definition) is 1. The minimum atomic E-state index is -0.490. The van der Waals surface area contributed by atoms with Gasteiger partial charge in [0.1, 0.15) is 17.1 Å². The normalized spacial score (nSPS) is 18.2. The summed E-state index contributed by atoms with van der Waals surface area (Å²) in [5, 5.41) is 22.4. The highest BCUT2D eigenvalue weighted by molar-refractivity contribution is 8.15. The minimum Gasteiger partial charge on any atom is -0.450 e. The summed E-state index contributed by atoms with van der Waals surface area (Å²) < 4.78 is 5.63. The van der Waals surface area contributed by atoms with Crippen LogP contribution in [-0.2, 0) is 0 Å². The number of hydrogen-bond acceptors (Lipinski definition) is 8. The summed E-state index contributed by atoms with van der Waals surface area (Å²) in [6, 6.07) is 13.5. The van der Waals surface area contributed by atoms with Gasteiger partial charge in [-0.1, -0.05) is 30.0 Å². The van der Waals surface area contributed by atoms with Crippen LogP contribution in [0.4, 0.5) is 5.69 Å². The molecule has 9 heteroatoms. The Labute approximate surface area is 152 Å². The van der Waals surface area contributed by atoms with Crippen LogP contribution >= 0.6 is 11.8 Å². The van der Waals surface area contributed by atoms with Crippen molar-refractivity contribution in [3.63, 3.8) is 0 Å². The van der Waals surface area contributed by atoms with Crippen molar-refractivity contribution >= 4 is 28.8 Å². The predicted octanol–water partition coefficient (Wildman–Crippen LogP) is 3.78. The highest BCUT2D eigenvalue weighted by atomic mass is 32.2. The molecule has 1 N–H and O–H groups in total. The molecular weight excluding hydrogens is 356 g/mol. The van der Waals surface area contributed by atoms with E-state index in [1.54, 1.807) is 42.6 Å². The monoisotopic (exact) mass is 368 g/mol. The lowest BCUT2D eigenvalue weighted by molar-refractivity contribution is -0.385. The Morgan fingerprint density at radius 1 is 1.23 bits per heavy atom. The summed E-state index contributed by atoms with van der Waals surface area (Å²) in [6.45, 7) is 0. The van der Waals surface area contributed by atoms with Crippen LogP contribution in [-0.4, -0.2) is 31.9 Å². The maximum absolute atomic E-state index is 11.5. The summed E-state index contributed by atoms with van der Waals surface area (Å²) in [5.74, 6) is 0.664. The number of hydroxylamine groups is 2. The maximum Gasteiger partial charge on any atom is 0.312 e. The van der Waals surface area contributed by atoms with Crippen LogP contribution in [0.25, 0.3) is 0 Å². The minimum absolute atomic E-state index is 0.150. The Hall–Kier alpha value is -3.17. The van der Waals surface area contributed by atoms with Crippen molar-refractivity contribution in [2.24, 2.45) is 9.98 Å². The number of nitrogens with zero attached hydrogens (tertiary/aromatic N) is 4. The molecule has 0 saturated heterocycles. The van der Waals surface area contributed by atoms with Crippen LogP contribution in [0.2, 0.25) is 0 Å². The summed E-state index contributed by atoms with van der Waals surface area (Å²) >= 11 is 1.29. The van der Waals surface area contributed by atoms with Gasteiger partial charge in [0.15, 0.2) is 5.37 Å². The van der Waals surface area contributed by atoms with Crippen LogP contribution < -0.4 is 4.74 Å². The lowest BCUT2D eigenvalue weighted by Gasteiger charge is -2.20. The second kappa shape index (κ2) is 6.62. The standard InChI is InChI=1S/C17H12N4O4S/c22-20-10-18-9-13-17(20)26-16(19-13)11-6-7-15(14(8-11)21(23)24)25-12-4-2-1-3-5-12/h1-10,17,22H. The van der Waals surface area contributed by atoms with Crippen LogP contribution in [0.15, 0.2) is 70.4 Å². The number of ether oxygens (including phenoxy) is 1. The van der Waals surface area contributed by atoms with Crippen molar-refractivity contribution in [2.75, 3.05) is 0 Å². The third kappa shape index (κ3) is 3.05. The molecule has 130 valence electrons. The van der Waals surface area contributed by atoms with E-state index in [1.165, 1.54) is 24.2 Å². The second-order valence-electron chi connectivity index (χ2n) is 5.44. The average molecular weight is 368 g/mol. The Bertz CT molecular complexity index is 958. The molecule has 0 aromatic heterocycles. The molecule has 2 aliphatic rings. The first-order valence-electron chi connectivity index (χ1n) is 7.59. The van der Waals surface area contributed by atoms with E-state index < -0.39 is 10.3 Å². The Kier molecular flexibility index (Phi) is 4.15. The van der Waals surface area contributed by atoms with Crippen LogP contribution in [0.3, 0.4) is 0 Å². The molecule has 26 heavy (non-hydrogen) atoms. The number of aliphatic imine (C=N–C) groups is 2. The van der Waals surface area contributed by atoms with E-state index in [0.29, 0.717) is 22.1 Å². The Balaban J connectivity index is 1.66. The molecule has 2 aromatic rings. The fourth-order valence-corrected chi connectivity index (χ4v) is 3.54. The van der Waals surface area contributed by atoms with Gasteiger partial charge in [-0.2, -0.15) is 0 Å². The molecule has 0 fully saturated rings. The zero-order valence-electron chi connectivity index (χ0n) is 13.2. The first-order chi connectivity index (χ1) is 12.6. The zero-order chi connectivity index (χ0) is 18.1. The SMILES string of the molecule is O=[N+]([O-])c1cc(C2=NC3=CN=CN(O)C3S2)ccc1Oc1ccccc1. The van der Waals surface area contributed by atoms with Gasteiger partial charge < -0.3 is 4.74 Å². The largest absolute Gasteiger partial charge is 0.450 e. The van der Waals surface area contributed by atoms with Gasteiger partial charge in [0.2, 0.25) is 5.75 Å². The maximum atomic E-state index is 11.5. The van der Waals surface area contributed by atoms with E-state index in [0.717, 1.165) is 5.06 Å². The number of thioether (sulfide) groups is 1. The third-order valence-corrected chi connectivity index (χ3v) is 4.94. The molecule has 0 saturated carbocycles. The molecule has 2 heterocycles. The molecule has 2 aliphatic heterocycles. The van der Waals surface area contributed by atoms with Gasteiger partial charge >= 0.3 is 5.69 Å². The third-order valence-electron chi connectivity index (χ3n) is 3.71. The van der Waals surface area contributed by atoms with Gasteiger partial charge in [-0.3, -0.25) is 15.3 Å². The van der Waals surface area contributed by atoms with Gasteiger partial charge in [0.25, 0.3) is 0 Å². The summed E-state index contributed by atoms with van der Waals surface area (Å²) in [7, 11) is 0. The number of fused-ring (bicyclic) bond motifs is 1. The average Bonchev–Trinajstić information content (AvgIpc) is 3.08. The zero-order valence-corrected chi connectivity index (χ0v) is 14.0. The molecule has 1 unspecified atom stereocenters. The molecular formula is C17H12N4O4S. The fraction of sp³-hybridized carbons (Fsp3) is 0.0588. The summed E-state index contributed by atoms with van der Waals surface area (Å²) in [6.07, 6.45) is 2.84. The topological polar surface area (TPSA) is 101 Å². The van der Waals surface area contributed by atoms with Crippen molar-refractivity contribution in [2.45, 2.75) is 5.37 Å². The van der Waals surface area contributed by atoms with Crippen LogP contribution in [0.1, 0.15) is 5.56 Å². The lowest BCUT2D eigenvalue weighted by Crippen LogP contribution is -2.29. The molecule has 0 spiro atoms.